The summed E-state index contributed by atoms with van der Waals surface area (Å²) in [4.78, 5) is 4.38. The molecule has 0 amide bonds. The zero-order valence-electron chi connectivity index (χ0n) is 11.3. The van der Waals surface area contributed by atoms with Crippen LogP contribution >= 0.6 is 0 Å². The van der Waals surface area contributed by atoms with Crippen LogP contribution in [0.3, 0.4) is 0 Å². The van der Waals surface area contributed by atoms with Crippen LogP contribution in [0.5, 0.6) is 0 Å². The summed E-state index contributed by atoms with van der Waals surface area (Å²) >= 11 is 0. The molecule has 5 heteroatoms. The molecular formula is C15H18FN3O. The Balaban J connectivity index is 1.85. The topological polar surface area (TPSA) is 64.9 Å². The molecular weight excluding hydrogens is 257 g/mol. The third kappa shape index (κ3) is 2.66. The van der Waals surface area contributed by atoms with Crippen LogP contribution in [0.1, 0.15) is 50.3 Å². The Bertz CT molecular complexity index is 589. The van der Waals surface area contributed by atoms with Crippen molar-refractivity contribution >= 4 is 5.69 Å². The summed E-state index contributed by atoms with van der Waals surface area (Å²) in [6.07, 6.45) is 7.11. The maximum absolute atomic E-state index is 13.8. The van der Waals surface area contributed by atoms with Crippen molar-refractivity contribution in [2.75, 3.05) is 5.73 Å². The molecule has 3 rings (SSSR count). The van der Waals surface area contributed by atoms with Gasteiger partial charge in [-0.2, -0.15) is 4.98 Å². The van der Waals surface area contributed by atoms with Crippen LogP contribution in [0.25, 0.3) is 11.5 Å². The van der Waals surface area contributed by atoms with E-state index >= 15 is 0 Å². The second-order valence-electron chi connectivity index (χ2n) is 5.39. The first-order chi connectivity index (χ1) is 9.74. The molecule has 4 nitrogen and oxygen atoms in total. The molecule has 106 valence electrons. The highest BCUT2D eigenvalue weighted by molar-refractivity contribution is 5.58. The van der Waals surface area contributed by atoms with E-state index < -0.39 is 5.82 Å². The van der Waals surface area contributed by atoms with Gasteiger partial charge in [-0.1, -0.05) is 30.8 Å². The lowest BCUT2D eigenvalue weighted by Gasteiger charge is -2.07. The molecule has 1 aromatic carbocycles. The molecule has 2 N–H and O–H groups in total. The minimum absolute atomic E-state index is 0.238. The Morgan fingerprint density at radius 2 is 1.90 bits per heavy atom. The SMILES string of the molecule is Nc1ccc(-c2nc(C3CCCCCC3)no2)c(F)c1. The molecule has 0 saturated heterocycles. The fourth-order valence-electron chi connectivity index (χ4n) is 2.75. The van der Waals surface area contributed by atoms with Gasteiger partial charge in [0.15, 0.2) is 5.82 Å². The van der Waals surface area contributed by atoms with Gasteiger partial charge in [-0.05, 0) is 31.0 Å². The number of nitrogens with two attached hydrogens (primary N) is 1. The first-order valence-corrected chi connectivity index (χ1v) is 7.13. The number of halogens is 1. The summed E-state index contributed by atoms with van der Waals surface area (Å²) in [7, 11) is 0. The van der Waals surface area contributed by atoms with Gasteiger partial charge in [0, 0.05) is 11.6 Å². The van der Waals surface area contributed by atoms with Crippen molar-refractivity contribution < 1.29 is 8.91 Å². The summed E-state index contributed by atoms with van der Waals surface area (Å²) in [5.74, 6) is 0.854. The summed E-state index contributed by atoms with van der Waals surface area (Å²) < 4.78 is 19.1. The van der Waals surface area contributed by atoms with Crippen molar-refractivity contribution in [1.29, 1.82) is 0 Å². The predicted octanol–water partition coefficient (Wildman–Crippen LogP) is 3.90. The third-order valence-electron chi connectivity index (χ3n) is 3.89. The smallest absolute Gasteiger partial charge is 0.260 e. The van der Waals surface area contributed by atoms with Crippen molar-refractivity contribution in [3.63, 3.8) is 0 Å². The van der Waals surface area contributed by atoms with Crippen molar-refractivity contribution in [2.45, 2.75) is 44.4 Å². The van der Waals surface area contributed by atoms with E-state index in [1.807, 2.05) is 0 Å². The van der Waals surface area contributed by atoms with E-state index in [0.717, 1.165) is 12.8 Å². The van der Waals surface area contributed by atoms with Gasteiger partial charge in [0.2, 0.25) is 0 Å². The van der Waals surface area contributed by atoms with E-state index in [1.54, 1.807) is 12.1 Å². The van der Waals surface area contributed by atoms with E-state index in [4.69, 9.17) is 10.3 Å². The maximum atomic E-state index is 13.8. The molecule has 1 fully saturated rings. The van der Waals surface area contributed by atoms with Crippen molar-refractivity contribution in [3.8, 4) is 11.5 Å². The number of rotatable bonds is 2. The highest BCUT2D eigenvalue weighted by Gasteiger charge is 2.21. The summed E-state index contributed by atoms with van der Waals surface area (Å²) in [5, 5.41) is 4.04. The van der Waals surface area contributed by atoms with E-state index in [2.05, 4.69) is 10.1 Å². The molecule has 1 aliphatic carbocycles. The Labute approximate surface area is 117 Å². The van der Waals surface area contributed by atoms with Crippen molar-refractivity contribution in [2.24, 2.45) is 0 Å². The molecule has 0 radical (unpaired) electrons. The van der Waals surface area contributed by atoms with Gasteiger partial charge >= 0.3 is 0 Å². The van der Waals surface area contributed by atoms with Gasteiger partial charge in [-0.3, -0.25) is 0 Å². The lowest BCUT2D eigenvalue weighted by Crippen LogP contribution is -1.99. The molecule has 2 aromatic rings. The van der Waals surface area contributed by atoms with Gasteiger partial charge in [0.25, 0.3) is 5.89 Å². The number of anilines is 1. The molecule has 0 spiro atoms. The van der Waals surface area contributed by atoms with Crippen molar-refractivity contribution in [1.82, 2.24) is 10.1 Å². The highest BCUT2D eigenvalue weighted by Crippen LogP contribution is 2.31. The average molecular weight is 275 g/mol. The first kappa shape index (κ1) is 13.1. The summed E-state index contributed by atoms with van der Waals surface area (Å²) in [5.41, 5.74) is 6.23. The minimum Gasteiger partial charge on any atom is -0.399 e. The van der Waals surface area contributed by atoms with Gasteiger partial charge in [-0.25, -0.2) is 4.39 Å². The van der Waals surface area contributed by atoms with Gasteiger partial charge in [0.1, 0.15) is 5.82 Å². The van der Waals surface area contributed by atoms with Gasteiger partial charge in [0.05, 0.1) is 5.56 Å². The standard InChI is InChI=1S/C15H18FN3O/c16-13-9-11(17)7-8-12(13)15-18-14(19-20-15)10-5-3-1-2-4-6-10/h7-10H,1-6,17H2. The van der Waals surface area contributed by atoms with Crippen LogP contribution in [-0.2, 0) is 0 Å². The molecule has 0 atom stereocenters. The van der Waals surface area contributed by atoms with E-state index in [9.17, 15) is 4.39 Å². The molecule has 1 saturated carbocycles. The lowest BCUT2D eigenvalue weighted by molar-refractivity contribution is 0.408. The zero-order chi connectivity index (χ0) is 13.9. The molecule has 0 bridgehead atoms. The number of nitrogen functional groups attached to an aromatic ring is 1. The molecule has 0 unspecified atom stereocenters. The van der Waals surface area contributed by atoms with Gasteiger partial charge in [-0.15, -0.1) is 0 Å². The Hall–Kier alpha value is -1.91. The number of aromatic nitrogens is 2. The van der Waals surface area contributed by atoms with Crippen LogP contribution in [0.4, 0.5) is 10.1 Å². The maximum Gasteiger partial charge on any atom is 0.260 e. The highest BCUT2D eigenvalue weighted by atomic mass is 19.1. The van der Waals surface area contributed by atoms with Crippen LogP contribution in [0.15, 0.2) is 22.7 Å². The Morgan fingerprint density at radius 1 is 1.15 bits per heavy atom. The second kappa shape index (κ2) is 5.61. The van der Waals surface area contributed by atoms with E-state index in [1.165, 1.54) is 31.7 Å². The fraction of sp³-hybridized carbons (Fsp3) is 0.467. The first-order valence-electron chi connectivity index (χ1n) is 7.13. The van der Waals surface area contributed by atoms with E-state index in [0.29, 0.717) is 23.0 Å². The zero-order valence-corrected chi connectivity index (χ0v) is 11.3. The molecule has 1 aromatic heterocycles. The number of hydrogen-bond acceptors (Lipinski definition) is 4. The molecule has 1 aliphatic rings. The van der Waals surface area contributed by atoms with Crippen LogP contribution in [0.2, 0.25) is 0 Å². The van der Waals surface area contributed by atoms with E-state index in [-0.39, 0.29) is 5.89 Å². The predicted molar refractivity (Wildman–Crippen MR) is 74.5 cm³/mol. The quantitative estimate of drug-likeness (QED) is 0.667. The summed E-state index contributed by atoms with van der Waals surface area (Å²) in [6.45, 7) is 0. The van der Waals surface area contributed by atoms with Gasteiger partial charge < -0.3 is 10.3 Å². The number of nitrogens with zero attached hydrogens (tertiary/aromatic N) is 2. The minimum atomic E-state index is -0.430. The lowest BCUT2D eigenvalue weighted by atomic mass is 10.00. The fourth-order valence-corrected chi connectivity index (χ4v) is 2.75. The average Bonchev–Trinajstić information content (AvgIpc) is 2.74. The third-order valence-corrected chi connectivity index (χ3v) is 3.89. The Kier molecular flexibility index (Phi) is 3.67. The molecule has 1 heterocycles. The molecule has 20 heavy (non-hydrogen) atoms. The largest absolute Gasteiger partial charge is 0.399 e. The normalized spacial score (nSPS) is 17.1. The van der Waals surface area contributed by atoms with Crippen molar-refractivity contribution in [3.05, 3.63) is 29.8 Å². The monoisotopic (exact) mass is 275 g/mol. The Morgan fingerprint density at radius 3 is 2.60 bits per heavy atom. The number of benzene rings is 1. The molecule has 0 aliphatic heterocycles. The second-order valence-corrected chi connectivity index (χ2v) is 5.39. The number of hydrogen-bond donors (Lipinski definition) is 1. The summed E-state index contributed by atoms with van der Waals surface area (Å²) in [6, 6.07) is 4.48. The van der Waals surface area contributed by atoms with Crippen LogP contribution in [-0.4, -0.2) is 10.1 Å². The van der Waals surface area contributed by atoms with Crippen LogP contribution < -0.4 is 5.73 Å². The van der Waals surface area contributed by atoms with Crippen LogP contribution in [0, 0.1) is 5.82 Å².